The first-order valence-electron chi connectivity index (χ1n) is 9.27. The number of aromatic nitrogens is 3. The van der Waals surface area contributed by atoms with Gasteiger partial charge in [-0.3, -0.25) is 14.4 Å². The van der Waals surface area contributed by atoms with Gasteiger partial charge in [-0.25, -0.2) is 4.98 Å². The van der Waals surface area contributed by atoms with E-state index in [0.29, 0.717) is 22.4 Å². The van der Waals surface area contributed by atoms with E-state index in [-0.39, 0.29) is 24.4 Å². The Kier molecular flexibility index (Phi) is 7.67. The summed E-state index contributed by atoms with van der Waals surface area (Å²) in [5, 5.41) is 5.86. The van der Waals surface area contributed by atoms with Gasteiger partial charge >= 0.3 is 0 Å². The SMILES string of the molecule is Cc1cc(C(=O)N(CCN(C)C)c2nc3c(C)c(Cl)ccc3s2)n(C(C)C)n1.Cl. The van der Waals surface area contributed by atoms with Gasteiger partial charge in [0.25, 0.3) is 5.91 Å². The van der Waals surface area contributed by atoms with Crippen molar-refractivity contribution >= 4 is 56.6 Å². The van der Waals surface area contributed by atoms with E-state index >= 15 is 0 Å². The Morgan fingerprint density at radius 2 is 1.93 bits per heavy atom. The van der Waals surface area contributed by atoms with E-state index in [4.69, 9.17) is 16.6 Å². The number of amides is 1. The van der Waals surface area contributed by atoms with Crippen molar-refractivity contribution in [2.75, 3.05) is 32.1 Å². The predicted octanol–water partition coefficient (Wildman–Crippen LogP) is 4.97. The molecule has 3 rings (SSSR count). The van der Waals surface area contributed by atoms with Crippen molar-refractivity contribution in [2.24, 2.45) is 0 Å². The van der Waals surface area contributed by atoms with Gasteiger partial charge in [0, 0.05) is 24.2 Å². The Morgan fingerprint density at radius 1 is 1.24 bits per heavy atom. The molecule has 0 aliphatic heterocycles. The third kappa shape index (κ3) is 4.91. The molecule has 6 nitrogen and oxygen atoms in total. The molecule has 0 aliphatic carbocycles. The van der Waals surface area contributed by atoms with Gasteiger partial charge in [0.1, 0.15) is 5.69 Å². The molecular formula is C20H27Cl2N5OS. The lowest BCUT2D eigenvalue weighted by atomic mass is 10.2. The number of hydrogen-bond acceptors (Lipinski definition) is 5. The van der Waals surface area contributed by atoms with Gasteiger partial charge in [-0.1, -0.05) is 22.9 Å². The largest absolute Gasteiger partial charge is 0.308 e. The smallest absolute Gasteiger partial charge is 0.278 e. The fourth-order valence-electron chi connectivity index (χ4n) is 3.00. The second-order valence-electron chi connectivity index (χ2n) is 7.48. The van der Waals surface area contributed by atoms with Crippen LogP contribution in [0.3, 0.4) is 0 Å². The lowest BCUT2D eigenvalue weighted by Crippen LogP contribution is -2.38. The molecule has 0 saturated carbocycles. The first-order chi connectivity index (χ1) is 13.2. The number of rotatable bonds is 6. The minimum atomic E-state index is -0.0843. The highest BCUT2D eigenvalue weighted by atomic mass is 35.5. The van der Waals surface area contributed by atoms with Crippen LogP contribution in [0.2, 0.25) is 5.02 Å². The molecule has 0 saturated heterocycles. The van der Waals surface area contributed by atoms with Crippen LogP contribution < -0.4 is 4.90 Å². The molecular weight excluding hydrogens is 429 g/mol. The van der Waals surface area contributed by atoms with Gasteiger partial charge in [0.15, 0.2) is 5.13 Å². The average molecular weight is 456 g/mol. The standard InChI is InChI=1S/C20H26ClN5OS.ClH/c1-12(2)26-16(11-13(3)23-26)19(27)25(10-9-24(5)6)20-22-18-14(4)15(21)7-8-17(18)28-20;/h7-8,11-12H,9-10H2,1-6H3;1H. The topological polar surface area (TPSA) is 54.3 Å². The summed E-state index contributed by atoms with van der Waals surface area (Å²) in [6.07, 6.45) is 0. The fraction of sp³-hybridized carbons (Fsp3) is 0.450. The van der Waals surface area contributed by atoms with Crippen molar-refractivity contribution in [2.45, 2.75) is 33.7 Å². The normalized spacial score (nSPS) is 11.3. The second-order valence-corrected chi connectivity index (χ2v) is 8.90. The van der Waals surface area contributed by atoms with Gasteiger partial charge in [-0.15, -0.1) is 12.4 Å². The summed E-state index contributed by atoms with van der Waals surface area (Å²) in [7, 11) is 3.99. The van der Waals surface area contributed by atoms with Crippen molar-refractivity contribution < 1.29 is 4.79 Å². The molecule has 9 heteroatoms. The Morgan fingerprint density at radius 3 is 2.55 bits per heavy atom. The van der Waals surface area contributed by atoms with Crippen LogP contribution in [0.25, 0.3) is 10.2 Å². The lowest BCUT2D eigenvalue weighted by molar-refractivity contribution is 0.0973. The summed E-state index contributed by atoms with van der Waals surface area (Å²) in [5.74, 6) is -0.0843. The molecule has 0 spiro atoms. The average Bonchev–Trinajstić information content (AvgIpc) is 3.22. The maximum atomic E-state index is 13.5. The first-order valence-corrected chi connectivity index (χ1v) is 10.5. The van der Waals surface area contributed by atoms with Crippen molar-refractivity contribution in [3.8, 4) is 0 Å². The number of thiazole rings is 1. The highest BCUT2D eigenvalue weighted by Gasteiger charge is 2.26. The number of anilines is 1. The van der Waals surface area contributed by atoms with E-state index in [1.54, 1.807) is 9.58 Å². The zero-order chi connectivity index (χ0) is 20.6. The molecule has 3 aromatic rings. The van der Waals surface area contributed by atoms with Crippen LogP contribution in [0.5, 0.6) is 0 Å². The molecule has 2 heterocycles. The van der Waals surface area contributed by atoms with Crippen LogP contribution in [0, 0.1) is 13.8 Å². The molecule has 0 atom stereocenters. The van der Waals surface area contributed by atoms with Crippen molar-refractivity contribution in [3.63, 3.8) is 0 Å². The van der Waals surface area contributed by atoms with E-state index in [2.05, 4.69) is 10.00 Å². The number of fused-ring (bicyclic) bond motifs is 1. The quantitative estimate of drug-likeness (QED) is 0.525. The van der Waals surface area contributed by atoms with Crippen LogP contribution in [0.15, 0.2) is 18.2 Å². The first kappa shape index (κ1) is 23.6. The molecule has 29 heavy (non-hydrogen) atoms. The van der Waals surface area contributed by atoms with Crippen molar-refractivity contribution in [1.82, 2.24) is 19.7 Å². The number of hydrogen-bond donors (Lipinski definition) is 0. The molecule has 0 N–H and O–H groups in total. The van der Waals surface area contributed by atoms with Crippen LogP contribution in [-0.2, 0) is 0 Å². The summed E-state index contributed by atoms with van der Waals surface area (Å²) in [5.41, 5.74) is 3.20. The van der Waals surface area contributed by atoms with Crippen molar-refractivity contribution in [3.05, 3.63) is 40.2 Å². The second kappa shape index (κ2) is 9.43. The Balaban J connectivity index is 0.00000300. The Labute approximate surface area is 186 Å². The maximum absolute atomic E-state index is 13.5. The zero-order valence-electron chi connectivity index (χ0n) is 17.6. The molecule has 2 aromatic heterocycles. The number of benzene rings is 1. The zero-order valence-corrected chi connectivity index (χ0v) is 20.0. The minimum Gasteiger partial charge on any atom is -0.308 e. The van der Waals surface area contributed by atoms with E-state index in [1.165, 1.54) is 11.3 Å². The summed E-state index contributed by atoms with van der Waals surface area (Å²) < 4.78 is 2.81. The molecule has 0 unspecified atom stereocenters. The number of nitrogens with zero attached hydrogens (tertiary/aromatic N) is 5. The highest BCUT2D eigenvalue weighted by molar-refractivity contribution is 7.22. The summed E-state index contributed by atoms with van der Waals surface area (Å²) in [6.45, 7) is 9.18. The number of aryl methyl sites for hydroxylation is 2. The Bertz CT molecular complexity index is 1010. The van der Waals surface area contributed by atoms with Gasteiger partial charge in [-0.2, -0.15) is 5.10 Å². The summed E-state index contributed by atoms with van der Waals surface area (Å²) >= 11 is 7.77. The molecule has 158 valence electrons. The molecule has 1 amide bonds. The minimum absolute atomic E-state index is 0. The third-order valence-electron chi connectivity index (χ3n) is 4.55. The Hall–Kier alpha value is -1.67. The van der Waals surface area contributed by atoms with Gasteiger partial charge in [-0.05, 0) is 65.6 Å². The molecule has 0 aliphatic rings. The summed E-state index contributed by atoms with van der Waals surface area (Å²) in [6, 6.07) is 5.79. The van der Waals surface area contributed by atoms with Gasteiger partial charge in [0.05, 0.1) is 15.9 Å². The van der Waals surface area contributed by atoms with E-state index in [9.17, 15) is 4.79 Å². The molecule has 1 aromatic carbocycles. The lowest BCUT2D eigenvalue weighted by Gasteiger charge is -2.22. The predicted molar refractivity (Wildman–Crippen MR) is 124 cm³/mol. The number of likely N-dealkylation sites (N-methyl/N-ethyl adjacent to an activating group) is 1. The van der Waals surface area contributed by atoms with E-state index in [0.717, 1.165) is 28.0 Å². The van der Waals surface area contributed by atoms with Gasteiger partial charge < -0.3 is 4.90 Å². The molecule has 0 radical (unpaired) electrons. The van der Waals surface area contributed by atoms with Crippen LogP contribution in [0.4, 0.5) is 5.13 Å². The summed E-state index contributed by atoms with van der Waals surface area (Å²) in [4.78, 5) is 22.1. The fourth-order valence-corrected chi connectivity index (χ4v) is 4.20. The molecule has 0 bridgehead atoms. The van der Waals surface area contributed by atoms with Crippen LogP contribution in [0.1, 0.15) is 41.6 Å². The maximum Gasteiger partial charge on any atom is 0.278 e. The van der Waals surface area contributed by atoms with Gasteiger partial charge in [0.2, 0.25) is 0 Å². The van der Waals surface area contributed by atoms with Crippen LogP contribution in [-0.4, -0.2) is 52.8 Å². The molecule has 0 fully saturated rings. The van der Waals surface area contributed by atoms with Crippen LogP contribution >= 0.6 is 35.3 Å². The highest BCUT2D eigenvalue weighted by Crippen LogP contribution is 2.34. The number of carbonyl (C=O) groups is 1. The number of carbonyl (C=O) groups excluding carboxylic acids is 1. The van der Waals surface area contributed by atoms with Crippen molar-refractivity contribution in [1.29, 1.82) is 0 Å². The third-order valence-corrected chi connectivity index (χ3v) is 6.00. The van der Waals surface area contributed by atoms with E-state index < -0.39 is 0 Å². The number of halogens is 2. The van der Waals surface area contributed by atoms with E-state index in [1.807, 2.05) is 60.0 Å². The monoisotopic (exact) mass is 455 g/mol.